The molecule has 0 amide bonds. The lowest BCUT2D eigenvalue weighted by Gasteiger charge is -2.52. The highest BCUT2D eigenvalue weighted by atomic mass is 15.2. The smallest absolute Gasteiger partial charge is 0.0408 e. The van der Waals surface area contributed by atoms with E-state index in [0.29, 0.717) is 10.8 Å². The molecule has 24 heavy (non-hydrogen) atoms. The van der Waals surface area contributed by atoms with Gasteiger partial charge in [0.2, 0.25) is 0 Å². The molecule has 1 spiro atoms. The van der Waals surface area contributed by atoms with Crippen molar-refractivity contribution in [3.05, 3.63) is 29.8 Å². The number of hydrogen-bond donors (Lipinski definition) is 0. The van der Waals surface area contributed by atoms with Crippen molar-refractivity contribution in [3.63, 3.8) is 0 Å². The molecule has 0 radical (unpaired) electrons. The lowest BCUT2D eigenvalue weighted by molar-refractivity contribution is 0.113. The number of likely N-dealkylation sites (tertiary alicyclic amines) is 1. The van der Waals surface area contributed by atoms with Gasteiger partial charge >= 0.3 is 0 Å². The number of piperidine rings is 1. The van der Waals surface area contributed by atoms with Crippen LogP contribution in [-0.4, -0.2) is 36.6 Å². The second kappa shape index (κ2) is 6.05. The third kappa shape index (κ3) is 3.49. The zero-order chi connectivity index (χ0) is 17.6. The normalized spacial score (nSPS) is 21.8. The first-order chi connectivity index (χ1) is 11.1. The molecule has 1 aromatic carbocycles. The number of benzene rings is 1. The summed E-state index contributed by atoms with van der Waals surface area (Å²) < 4.78 is 0. The maximum Gasteiger partial charge on any atom is 0.0408 e. The predicted molar refractivity (Wildman–Crippen MR) is 105 cm³/mol. The van der Waals surface area contributed by atoms with E-state index in [1.54, 1.807) is 5.56 Å². The summed E-state index contributed by atoms with van der Waals surface area (Å²) in [7, 11) is 0. The molecule has 3 rings (SSSR count). The zero-order valence-corrected chi connectivity index (χ0v) is 16.7. The van der Waals surface area contributed by atoms with Crippen molar-refractivity contribution in [2.24, 2.45) is 5.41 Å². The summed E-state index contributed by atoms with van der Waals surface area (Å²) in [6, 6.07) is 9.22. The van der Waals surface area contributed by atoms with Gasteiger partial charge in [0.05, 0.1) is 0 Å². The number of rotatable bonds is 1. The Morgan fingerprint density at radius 2 is 1.46 bits per heavy atom. The highest BCUT2D eigenvalue weighted by Gasteiger charge is 2.43. The molecule has 1 saturated heterocycles. The first-order valence-electron chi connectivity index (χ1n) is 9.70. The van der Waals surface area contributed by atoms with E-state index in [4.69, 9.17) is 0 Å². The van der Waals surface area contributed by atoms with Crippen molar-refractivity contribution < 1.29 is 0 Å². The van der Waals surface area contributed by atoms with Crippen LogP contribution in [0, 0.1) is 5.41 Å². The molecule has 2 heterocycles. The van der Waals surface area contributed by atoms with E-state index in [0.717, 1.165) is 0 Å². The van der Waals surface area contributed by atoms with Gasteiger partial charge in [-0.25, -0.2) is 0 Å². The Balaban J connectivity index is 1.83. The topological polar surface area (TPSA) is 6.48 Å². The summed E-state index contributed by atoms with van der Waals surface area (Å²) in [6.07, 6.45) is 3.95. The molecule has 2 heteroatoms. The number of para-hydroxylation sites is 1. The maximum atomic E-state index is 2.68. The van der Waals surface area contributed by atoms with E-state index in [2.05, 4.69) is 75.6 Å². The molecule has 0 unspecified atom stereocenters. The standard InChI is InChI=1S/C22H36N2/c1-20(2,3)17-23-14-11-22(12-15-23)13-16-24(21(4,5)6)19-10-8-7-9-18(19)22/h7-10H,11-17H2,1-6H3. The molecule has 1 aromatic rings. The van der Waals surface area contributed by atoms with Gasteiger partial charge in [0, 0.05) is 29.7 Å². The van der Waals surface area contributed by atoms with Gasteiger partial charge < -0.3 is 9.80 Å². The van der Waals surface area contributed by atoms with Crippen LogP contribution in [0.1, 0.15) is 66.4 Å². The fraction of sp³-hybridized carbons (Fsp3) is 0.727. The molecular weight excluding hydrogens is 292 g/mol. The number of nitrogens with zero attached hydrogens (tertiary/aromatic N) is 2. The molecular formula is C22H36N2. The quantitative estimate of drug-likeness (QED) is 0.710. The molecule has 134 valence electrons. The van der Waals surface area contributed by atoms with Crippen LogP contribution >= 0.6 is 0 Å². The van der Waals surface area contributed by atoms with E-state index in [1.807, 2.05) is 0 Å². The molecule has 0 saturated carbocycles. The van der Waals surface area contributed by atoms with Gasteiger partial charge in [0.25, 0.3) is 0 Å². The molecule has 1 fully saturated rings. The first kappa shape index (κ1) is 17.8. The molecule has 0 atom stereocenters. The van der Waals surface area contributed by atoms with Gasteiger partial charge in [-0.1, -0.05) is 39.0 Å². The van der Waals surface area contributed by atoms with Crippen molar-refractivity contribution in [2.45, 2.75) is 71.8 Å². The Morgan fingerprint density at radius 1 is 0.875 bits per heavy atom. The zero-order valence-electron chi connectivity index (χ0n) is 16.7. The summed E-state index contributed by atoms with van der Waals surface area (Å²) in [4.78, 5) is 5.30. The van der Waals surface area contributed by atoms with Crippen LogP contribution in [0.25, 0.3) is 0 Å². The maximum absolute atomic E-state index is 2.68. The molecule has 0 aliphatic carbocycles. The third-order valence-electron chi connectivity index (χ3n) is 5.90. The van der Waals surface area contributed by atoms with Crippen molar-refractivity contribution in [3.8, 4) is 0 Å². The SMILES string of the molecule is CC(C)(C)CN1CCC2(CC1)CCN(C(C)(C)C)c1ccccc12. The molecule has 0 aromatic heterocycles. The predicted octanol–water partition coefficient (Wildman–Crippen LogP) is 5.07. The molecule has 2 nitrogen and oxygen atoms in total. The Bertz CT molecular complexity index is 568. The lowest BCUT2D eigenvalue weighted by Crippen LogP contribution is -2.52. The van der Waals surface area contributed by atoms with Crippen LogP contribution < -0.4 is 4.90 Å². The number of anilines is 1. The number of hydrogen-bond acceptors (Lipinski definition) is 2. The summed E-state index contributed by atoms with van der Waals surface area (Å²) in [5, 5.41) is 0. The molecule has 2 aliphatic rings. The average Bonchev–Trinajstić information content (AvgIpc) is 2.48. The van der Waals surface area contributed by atoms with Gasteiger partial charge in [-0.05, 0) is 70.2 Å². The largest absolute Gasteiger partial charge is 0.366 e. The van der Waals surface area contributed by atoms with E-state index in [9.17, 15) is 0 Å². The first-order valence-corrected chi connectivity index (χ1v) is 9.70. The lowest BCUT2D eigenvalue weighted by atomic mass is 9.67. The number of fused-ring (bicyclic) bond motifs is 2. The highest BCUT2D eigenvalue weighted by molar-refractivity contribution is 5.60. The summed E-state index contributed by atoms with van der Waals surface area (Å²) in [5.41, 5.74) is 4.11. The fourth-order valence-electron chi connectivity index (χ4n) is 4.76. The minimum absolute atomic E-state index is 0.199. The van der Waals surface area contributed by atoms with E-state index >= 15 is 0 Å². The second-order valence-electron chi connectivity index (χ2n) is 10.2. The summed E-state index contributed by atoms with van der Waals surface area (Å²) in [5.74, 6) is 0. The van der Waals surface area contributed by atoms with Gasteiger partial charge in [-0.15, -0.1) is 0 Å². The van der Waals surface area contributed by atoms with Crippen molar-refractivity contribution in [1.82, 2.24) is 4.90 Å². The van der Waals surface area contributed by atoms with Crippen LogP contribution in [0.3, 0.4) is 0 Å². The Morgan fingerprint density at radius 3 is 2.04 bits per heavy atom. The van der Waals surface area contributed by atoms with Crippen LogP contribution in [0.5, 0.6) is 0 Å². The van der Waals surface area contributed by atoms with Crippen LogP contribution in [0.4, 0.5) is 5.69 Å². The molecule has 2 aliphatic heterocycles. The van der Waals surface area contributed by atoms with Gasteiger partial charge in [-0.3, -0.25) is 0 Å². The highest BCUT2D eigenvalue weighted by Crippen LogP contribution is 2.48. The van der Waals surface area contributed by atoms with E-state index in [-0.39, 0.29) is 5.54 Å². The fourth-order valence-corrected chi connectivity index (χ4v) is 4.76. The van der Waals surface area contributed by atoms with Crippen LogP contribution in [-0.2, 0) is 5.41 Å². The Labute approximate surface area is 149 Å². The Kier molecular flexibility index (Phi) is 4.49. The van der Waals surface area contributed by atoms with Crippen LogP contribution in [0.15, 0.2) is 24.3 Å². The van der Waals surface area contributed by atoms with Crippen molar-refractivity contribution >= 4 is 5.69 Å². The Hall–Kier alpha value is -1.02. The van der Waals surface area contributed by atoms with Crippen molar-refractivity contribution in [1.29, 1.82) is 0 Å². The summed E-state index contributed by atoms with van der Waals surface area (Å²) in [6.45, 7) is 19.0. The van der Waals surface area contributed by atoms with E-state index < -0.39 is 0 Å². The summed E-state index contributed by atoms with van der Waals surface area (Å²) >= 11 is 0. The molecule has 0 N–H and O–H groups in total. The van der Waals surface area contributed by atoms with Gasteiger partial charge in [0.1, 0.15) is 0 Å². The van der Waals surface area contributed by atoms with Gasteiger partial charge in [-0.2, -0.15) is 0 Å². The average molecular weight is 329 g/mol. The molecule has 0 bridgehead atoms. The van der Waals surface area contributed by atoms with Crippen molar-refractivity contribution in [2.75, 3.05) is 31.1 Å². The van der Waals surface area contributed by atoms with E-state index in [1.165, 1.54) is 51.1 Å². The third-order valence-corrected chi connectivity index (χ3v) is 5.90. The second-order valence-corrected chi connectivity index (χ2v) is 10.2. The minimum atomic E-state index is 0.199. The monoisotopic (exact) mass is 328 g/mol. The van der Waals surface area contributed by atoms with Crippen LogP contribution in [0.2, 0.25) is 0 Å². The van der Waals surface area contributed by atoms with Gasteiger partial charge in [0.15, 0.2) is 0 Å². The minimum Gasteiger partial charge on any atom is -0.366 e.